The first-order chi connectivity index (χ1) is 5.43. The van der Waals surface area contributed by atoms with Crippen LogP contribution >= 0.6 is 11.8 Å². The van der Waals surface area contributed by atoms with Gasteiger partial charge in [0.25, 0.3) is 0 Å². The zero-order valence-corrected chi connectivity index (χ0v) is 7.32. The van der Waals surface area contributed by atoms with Crippen molar-refractivity contribution in [2.24, 2.45) is 0 Å². The smallest absolute Gasteiger partial charge is 0.0643 e. The van der Waals surface area contributed by atoms with Gasteiger partial charge in [-0.25, -0.2) is 0 Å². The van der Waals surface area contributed by atoms with Gasteiger partial charge in [-0.15, -0.1) is 18.2 Å². The molecular formula is C8H13NOS. The van der Waals surface area contributed by atoms with Gasteiger partial charge in [-0.05, 0) is 0 Å². The molecule has 0 bridgehead atoms. The lowest BCUT2D eigenvalue weighted by Crippen LogP contribution is -2.46. The van der Waals surface area contributed by atoms with Crippen LogP contribution in [0.2, 0.25) is 0 Å². The molecule has 1 N–H and O–H groups in total. The quantitative estimate of drug-likeness (QED) is 0.476. The minimum atomic E-state index is 0.599. The van der Waals surface area contributed by atoms with E-state index in [1.54, 1.807) is 11.8 Å². The highest BCUT2D eigenvalue weighted by molar-refractivity contribution is 7.99. The average molecular weight is 171 g/mol. The summed E-state index contributed by atoms with van der Waals surface area (Å²) in [5, 5.41) is 3.36. The van der Waals surface area contributed by atoms with E-state index in [4.69, 9.17) is 11.2 Å². The van der Waals surface area contributed by atoms with Crippen molar-refractivity contribution in [1.82, 2.24) is 5.32 Å². The van der Waals surface area contributed by atoms with E-state index in [1.165, 1.54) is 0 Å². The molecule has 11 heavy (non-hydrogen) atoms. The number of nitrogens with one attached hydrogen (secondary N) is 1. The Kier molecular flexibility index (Phi) is 4.44. The third kappa shape index (κ3) is 3.66. The summed E-state index contributed by atoms with van der Waals surface area (Å²) in [5.74, 6) is 4.51. The fourth-order valence-corrected chi connectivity index (χ4v) is 1.34. The molecule has 2 nitrogen and oxygen atoms in total. The Morgan fingerprint density at radius 1 is 1.64 bits per heavy atom. The molecule has 3 heteroatoms. The van der Waals surface area contributed by atoms with Crippen LogP contribution in [0.15, 0.2) is 0 Å². The van der Waals surface area contributed by atoms with Crippen molar-refractivity contribution in [1.29, 1.82) is 0 Å². The highest BCUT2D eigenvalue weighted by Crippen LogP contribution is 2.00. The largest absolute Gasteiger partial charge is 0.378 e. The van der Waals surface area contributed by atoms with Crippen LogP contribution in [0.5, 0.6) is 0 Å². The van der Waals surface area contributed by atoms with Gasteiger partial charge >= 0.3 is 0 Å². The van der Waals surface area contributed by atoms with Crippen molar-refractivity contribution in [2.45, 2.75) is 6.04 Å². The van der Waals surface area contributed by atoms with Gasteiger partial charge in [0.2, 0.25) is 0 Å². The third-order valence-electron chi connectivity index (χ3n) is 1.50. The SMILES string of the molecule is C#CCSCCNC1COC1. The molecule has 1 aliphatic heterocycles. The summed E-state index contributed by atoms with van der Waals surface area (Å²) in [6.07, 6.45) is 5.10. The summed E-state index contributed by atoms with van der Waals surface area (Å²) < 4.78 is 5.01. The van der Waals surface area contributed by atoms with E-state index < -0.39 is 0 Å². The van der Waals surface area contributed by atoms with Crippen LogP contribution in [0, 0.1) is 12.3 Å². The van der Waals surface area contributed by atoms with Gasteiger partial charge in [0, 0.05) is 12.3 Å². The second kappa shape index (κ2) is 5.48. The number of thioether (sulfide) groups is 1. The van der Waals surface area contributed by atoms with Crippen molar-refractivity contribution in [2.75, 3.05) is 31.3 Å². The highest BCUT2D eigenvalue weighted by atomic mass is 32.2. The van der Waals surface area contributed by atoms with Gasteiger partial charge in [0.1, 0.15) is 0 Å². The lowest BCUT2D eigenvalue weighted by atomic mass is 10.3. The zero-order chi connectivity index (χ0) is 7.94. The molecule has 1 aliphatic rings. The van der Waals surface area contributed by atoms with E-state index in [1.807, 2.05) is 0 Å². The number of hydrogen-bond acceptors (Lipinski definition) is 3. The monoisotopic (exact) mass is 171 g/mol. The van der Waals surface area contributed by atoms with Gasteiger partial charge < -0.3 is 10.1 Å². The molecule has 0 aliphatic carbocycles. The molecule has 1 fully saturated rings. The minimum absolute atomic E-state index is 0.599. The molecule has 0 unspecified atom stereocenters. The molecule has 0 aromatic carbocycles. The van der Waals surface area contributed by atoms with Gasteiger partial charge in [0.15, 0.2) is 0 Å². The maximum Gasteiger partial charge on any atom is 0.0643 e. The maximum atomic E-state index is 5.10. The Balaban J connectivity index is 1.77. The second-order valence-electron chi connectivity index (χ2n) is 2.45. The first kappa shape index (κ1) is 8.92. The first-order valence-electron chi connectivity index (χ1n) is 3.76. The van der Waals surface area contributed by atoms with Crippen molar-refractivity contribution >= 4 is 11.8 Å². The fraction of sp³-hybridized carbons (Fsp3) is 0.750. The van der Waals surface area contributed by atoms with Crippen LogP contribution in [0.1, 0.15) is 0 Å². The molecule has 62 valence electrons. The topological polar surface area (TPSA) is 21.3 Å². The average Bonchev–Trinajstić information content (AvgIpc) is 1.93. The Hall–Kier alpha value is -0.170. The fourth-order valence-electron chi connectivity index (χ4n) is 0.820. The predicted octanol–water partition coefficient (Wildman–Crippen LogP) is 0.341. The Labute approximate surface area is 72.1 Å². The van der Waals surface area contributed by atoms with Gasteiger partial charge in [-0.3, -0.25) is 0 Å². The summed E-state index contributed by atoms with van der Waals surface area (Å²) in [6, 6.07) is 0.599. The van der Waals surface area contributed by atoms with Crippen molar-refractivity contribution in [3.8, 4) is 12.3 Å². The van der Waals surface area contributed by atoms with Gasteiger partial charge in [-0.2, -0.15) is 0 Å². The molecular weight excluding hydrogens is 158 g/mol. The molecule has 1 heterocycles. The van der Waals surface area contributed by atoms with Crippen LogP contribution in [0.3, 0.4) is 0 Å². The minimum Gasteiger partial charge on any atom is -0.378 e. The number of ether oxygens (including phenoxy) is 1. The second-order valence-corrected chi connectivity index (χ2v) is 3.55. The Morgan fingerprint density at radius 3 is 3.00 bits per heavy atom. The van der Waals surface area contributed by atoms with Crippen LogP contribution in [0.25, 0.3) is 0 Å². The summed E-state index contributed by atoms with van der Waals surface area (Å²) in [4.78, 5) is 0. The van der Waals surface area contributed by atoms with E-state index in [0.29, 0.717) is 6.04 Å². The Bertz CT molecular complexity index is 140. The molecule has 0 aromatic heterocycles. The van der Waals surface area contributed by atoms with Crippen LogP contribution < -0.4 is 5.32 Å². The maximum absolute atomic E-state index is 5.10. The van der Waals surface area contributed by atoms with Crippen LogP contribution in [0.4, 0.5) is 0 Å². The summed E-state index contributed by atoms with van der Waals surface area (Å²) >= 11 is 1.79. The predicted molar refractivity (Wildman–Crippen MR) is 48.8 cm³/mol. The van der Waals surface area contributed by atoms with E-state index in [2.05, 4.69) is 11.2 Å². The normalized spacial score (nSPS) is 17.4. The van der Waals surface area contributed by atoms with Gasteiger partial charge in [-0.1, -0.05) is 5.92 Å². The Morgan fingerprint density at radius 2 is 2.45 bits per heavy atom. The lowest BCUT2D eigenvalue weighted by molar-refractivity contribution is -0.00406. The zero-order valence-electron chi connectivity index (χ0n) is 6.51. The summed E-state index contributed by atoms with van der Waals surface area (Å²) in [6.45, 7) is 2.79. The third-order valence-corrected chi connectivity index (χ3v) is 2.37. The first-order valence-corrected chi connectivity index (χ1v) is 4.91. The number of terminal acetylenes is 1. The lowest BCUT2D eigenvalue weighted by Gasteiger charge is -2.26. The standard InChI is InChI=1S/C8H13NOS/c1-2-4-11-5-3-9-8-6-10-7-8/h1,8-9H,3-7H2. The van der Waals surface area contributed by atoms with Crippen LogP contribution in [-0.4, -0.2) is 37.3 Å². The van der Waals surface area contributed by atoms with Crippen LogP contribution in [-0.2, 0) is 4.74 Å². The van der Waals surface area contributed by atoms with E-state index in [9.17, 15) is 0 Å². The van der Waals surface area contributed by atoms with E-state index in [-0.39, 0.29) is 0 Å². The number of hydrogen-bond donors (Lipinski definition) is 1. The molecule has 0 atom stereocenters. The molecule has 0 saturated carbocycles. The highest BCUT2D eigenvalue weighted by Gasteiger charge is 2.16. The molecule has 0 spiro atoms. The van der Waals surface area contributed by atoms with Crippen molar-refractivity contribution in [3.63, 3.8) is 0 Å². The van der Waals surface area contributed by atoms with E-state index >= 15 is 0 Å². The molecule has 0 amide bonds. The van der Waals surface area contributed by atoms with Gasteiger partial charge in [0.05, 0.1) is 25.0 Å². The molecule has 0 aromatic rings. The van der Waals surface area contributed by atoms with Crippen molar-refractivity contribution < 1.29 is 4.74 Å². The molecule has 0 radical (unpaired) electrons. The van der Waals surface area contributed by atoms with E-state index in [0.717, 1.165) is 31.3 Å². The summed E-state index contributed by atoms with van der Waals surface area (Å²) in [7, 11) is 0. The molecule has 1 rings (SSSR count). The summed E-state index contributed by atoms with van der Waals surface area (Å²) in [5.41, 5.74) is 0. The number of rotatable bonds is 5. The van der Waals surface area contributed by atoms with Crippen molar-refractivity contribution in [3.05, 3.63) is 0 Å². The molecule has 1 saturated heterocycles.